The van der Waals surface area contributed by atoms with E-state index in [9.17, 15) is 18.4 Å². The van der Waals surface area contributed by atoms with Crippen LogP contribution in [-0.4, -0.2) is 30.3 Å². The predicted molar refractivity (Wildman–Crippen MR) is 109 cm³/mol. The molecule has 0 aromatic heterocycles. The van der Waals surface area contributed by atoms with E-state index in [4.69, 9.17) is 27.9 Å². The summed E-state index contributed by atoms with van der Waals surface area (Å²) in [5.74, 6) is -1.20. The number of benzene rings is 2. The topological polar surface area (TPSA) is 55.4 Å². The molecule has 158 valence electrons. The molecule has 3 aliphatic rings. The Morgan fingerprint density at radius 2 is 1.63 bits per heavy atom. The van der Waals surface area contributed by atoms with Crippen LogP contribution < -0.4 is 10.1 Å². The van der Waals surface area contributed by atoms with Crippen LogP contribution in [0.25, 0.3) is 0 Å². The number of rotatable bonds is 9. The van der Waals surface area contributed by atoms with Gasteiger partial charge < -0.3 is 10.1 Å². The zero-order valence-electron chi connectivity index (χ0n) is 15.9. The van der Waals surface area contributed by atoms with Crippen molar-refractivity contribution in [1.82, 2.24) is 5.32 Å². The highest BCUT2D eigenvalue weighted by atomic mass is 35.5. The van der Waals surface area contributed by atoms with Gasteiger partial charge in [0.15, 0.2) is 11.6 Å². The minimum atomic E-state index is -0.617. The van der Waals surface area contributed by atoms with E-state index in [1.807, 2.05) is 0 Å². The molecule has 30 heavy (non-hydrogen) atoms. The molecule has 0 heterocycles. The van der Waals surface area contributed by atoms with E-state index >= 15 is 0 Å². The second-order valence-electron chi connectivity index (χ2n) is 8.30. The molecule has 0 saturated heterocycles. The van der Waals surface area contributed by atoms with Crippen molar-refractivity contribution in [2.45, 2.75) is 31.2 Å². The van der Waals surface area contributed by atoms with E-state index in [1.165, 1.54) is 24.3 Å². The van der Waals surface area contributed by atoms with Gasteiger partial charge >= 0.3 is 0 Å². The molecule has 2 aromatic rings. The molecule has 3 saturated carbocycles. The van der Waals surface area contributed by atoms with Crippen molar-refractivity contribution in [3.05, 3.63) is 63.6 Å². The fourth-order valence-electron chi connectivity index (χ4n) is 4.61. The Hall–Kier alpha value is -2.02. The minimum absolute atomic E-state index is 0.0000184. The van der Waals surface area contributed by atoms with Crippen LogP contribution in [0.15, 0.2) is 36.4 Å². The van der Waals surface area contributed by atoms with Crippen LogP contribution in [0.3, 0.4) is 0 Å². The van der Waals surface area contributed by atoms with E-state index in [0.717, 1.165) is 31.4 Å². The summed E-state index contributed by atoms with van der Waals surface area (Å²) in [6.45, 7) is -0.0137. The van der Waals surface area contributed by atoms with Gasteiger partial charge in [0.1, 0.15) is 24.0 Å². The third kappa shape index (κ3) is 4.22. The molecule has 1 N–H and O–H groups in total. The fourth-order valence-corrected chi connectivity index (χ4v) is 4.85. The second kappa shape index (κ2) is 7.91. The smallest absolute Gasteiger partial charge is 0.176 e. The van der Waals surface area contributed by atoms with Gasteiger partial charge in [-0.3, -0.25) is 9.59 Å². The Kier molecular flexibility index (Phi) is 5.60. The van der Waals surface area contributed by atoms with Crippen molar-refractivity contribution < 1.29 is 23.1 Å². The van der Waals surface area contributed by atoms with Gasteiger partial charge in [-0.25, -0.2) is 8.78 Å². The molecule has 2 aromatic carbocycles. The Morgan fingerprint density at radius 1 is 1.00 bits per heavy atom. The number of carbonyl (C=O) groups excluding carboxylic acids is 2. The highest BCUT2D eigenvalue weighted by Gasteiger charge is 2.67. The maximum absolute atomic E-state index is 13.5. The Balaban J connectivity index is 1.20. The van der Waals surface area contributed by atoms with Gasteiger partial charge in [-0.2, -0.15) is 0 Å². The van der Waals surface area contributed by atoms with Crippen LogP contribution in [0.5, 0.6) is 5.75 Å². The molecular formula is C22H19Cl2F2NO3. The van der Waals surface area contributed by atoms with Crippen LogP contribution in [-0.2, 0) is 4.79 Å². The first kappa shape index (κ1) is 21.2. The average Bonchev–Trinajstić information content (AvgIpc) is 2.65. The molecule has 5 rings (SSSR count). The van der Waals surface area contributed by atoms with Gasteiger partial charge in [-0.05, 0) is 55.0 Å². The van der Waals surface area contributed by atoms with Crippen molar-refractivity contribution in [1.29, 1.82) is 0 Å². The normalized spacial score (nSPS) is 24.0. The Morgan fingerprint density at radius 3 is 2.27 bits per heavy atom. The van der Waals surface area contributed by atoms with Crippen molar-refractivity contribution in [3.63, 3.8) is 0 Å². The lowest BCUT2D eigenvalue weighted by Crippen LogP contribution is -2.74. The average molecular weight is 454 g/mol. The number of hydrogen-bond donors (Lipinski definition) is 1. The summed E-state index contributed by atoms with van der Waals surface area (Å²) >= 11 is 11.3. The SMILES string of the molecule is O=C(COc1ccc(Cl)c(F)c1)CC12CC(NCC(=O)c3ccc(Cl)c(F)c3)(C1)C2. The maximum Gasteiger partial charge on any atom is 0.176 e. The number of Topliss-reactive ketones (excluding diaryl/α,β-unsaturated/α-hetero) is 2. The van der Waals surface area contributed by atoms with Crippen LogP contribution in [0.4, 0.5) is 8.78 Å². The molecule has 0 atom stereocenters. The predicted octanol–water partition coefficient (Wildman–Crippen LogP) is 5.00. The Labute approximate surface area is 182 Å². The van der Waals surface area contributed by atoms with Gasteiger partial charge in [-0.1, -0.05) is 23.2 Å². The van der Waals surface area contributed by atoms with Crippen molar-refractivity contribution >= 4 is 34.8 Å². The van der Waals surface area contributed by atoms with E-state index in [0.29, 0.717) is 6.42 Å². The second-order valence-corrected chi connectivity index (χ2v) is 9.11. The van der Waals surface area contributed by atoms with Crippen molar-refractivity contribution in [2.24, 2.45) is 5.41 Å². The van der Waals surface area contributed by atoms with Gasteiger partial charge in [0.2, 0.25) is 0 Å². The molecule has 0 radical (unpaired) electrons. The quantitative estimate of drug-likeness (QED) is 0.542. The molecule has 4 nitrogen and oxygen atoms in total. The third-order valence-electron chi connectivity index (χ3n) is 5.87. The molecular weight excluding hydrogens is 435 g/mol. The Bertz CT molecular complexity index is 1010. The van der Waals surface area contributed by atoms with Gasteiger partial charge in [0.05, 0.1) is 16.6 Å². The minimum Gasteiger partial charge on any atom is -0.486 e. The van der Waals surface area contributed by atoms with Gasteiger partial charge in [0.25, 0.3) is 0 Å². The zero-order chi connectivity index (χ0) is 21.5. The van der Waals surface area contributed by atoms with E-state index in [2.05, 4.69) is 5.32 Å². The zero-order valence-corrected chi connectivity index (χ0v) is 17.5. The van der Waals surface area contributed by atoms with Crippen LogP contribution in [0.1, 0.15) is 36.0 Å². The monoisotopic (exact) mass is 453 g/mol. The summed E-state index contributed by atoms with van der Waals surface area (Å²) in [5.41, 5.74) is 0.103. The molecule has 3 aliphatic carbocycles. The molecule has 0 spiro atoms. The standard InChI is InChI=1S/C22H19Cl2F2NO3/c23-16-3-1-13(5-18(16)25)20(29)8-27-22-10-21(11-22,12-22)7-14(28)9-30-15-2-4-17(24)19(26)6-15/h1-6,27H,7-12H2. The number of ketones is 2. The third-order valence-corrected chi connectivity index (χ3v) is 6.48. The van der Waals surface area contributed by atoms with Crippen LogP contribution >= 0.6 is 23.2 Å². The summed E-state index contributed by atoms with van der Waals surface area (Å²) in [7, 11) is 0. The lowest BCUT2D eigenvalue weighted by Gasteiger charge is -2.71. The number of carbonyl (C=O) groups is 2. The van der Waals surface area contributed by atoms with Crippen molar-refractivity contribution in [3.8, 4) is 5.75 Å². The lowest BCUT2D eigenvalue weighted by molar-refractivity contribution is -0.166. The molecule has 0 aliphatic heterocycles. The number of ether oxygens (including phenoxy) is 1. The first-order valence-electron chi connectivity index (χ1n) is 9.52. The number of halogens is 4. The summed E-state index contributed by atoms with van der Waals surface area (Å²) in [6.07, 6.45) is 2.82. The van der Waals surface area contributed by atoms with Gasteiger partial charge in [0, 0.05) is 23.6 Å². The van der Waals surface area contributed by atoms with Crippen molar-refractivity contribution in [2.75, 3.05) is 13.2 Å². The van der Waals surface area contributed by atoms with E-state index in [-0.39, 0.29) is 57.0 Å². The highest BCUT2D eigenvalue weighted by molar-refractivity contribution is 6.31. The summed E-state index contributed by atoms with van der Waals surface area (Å²) in [5, 5.41) is 3.24. The largest absolute Gasteiger partial charge is 0.486 e. The molecule has 3 fully saturated rings. The van der Waals surface area contributed by atoms with E-state index < -0.39 is 11.6 Å². The molecule has 0 amide bonds. The maximum atomic E-state index is 13.5. The van der Waals surface area contributed by atoms with E-state index in [1.54, 1.807) is 0 Å². The summed E-state index contributed by atoms with van der Waals surface area (Å²) in [6, 6.07) is 8.06. The summed E-state index contributed by atoms with van der Waals surface area (Å²) < 4.78 is 32.3. The molecule has 2 bridgehead atoms. The van der Waals surface area contributed by atoms with Crippen LogP contribution in [0.2, 0.25) is 10.0 Å². The molecule has 0 unspecified atom stereocenters. The van der Waals surface area contributed by atoms with Gasteiger partial charge in [-0.15, -0.1) is 0 Å². The summed E-state index contributed by atoms with van der Waals surface area (Å²) in [4.78, 5) is 24.5. The fraction of sp³-hybridized carbons (Fsp3) is 0.364. The number of hydrogen-bond acceptors (Lipinski definition) is 4. The highest BCUT2D eigenvalue weighted by Crippen LogP contribution is 2.68. The first-order valence-corrected chi connectivity index (χ1v) is 10.3. The molecule has 8 heteroatoms. The lowest BCUT2D eigenvalue weighted by atomic mass is 9.38. The van der Waals surface area contributed by atoms with Crippen LogP contribution in [0, 0.1) is 17.0 Å². The first-order chi connectivity index (χ1) is 14.2. The number of nitrogens with one attached hydrogen (secondary N) is 1.